The summed E-state index contributed by atoms with van der Waals surface area (Å²) in [6, 6.07) is 6.55. The Balaban J connectivity index is 2.41. The molecule has 3 nitrogen and oxygen atoms in total. The summed E-state index contributed by atoms with van der Waals surface area (Å²) in [5.74, 6) is -0.517. The van der Waals surface area contributed by atoms with Crippen LogP contribution in [0.2, 0.25) is 0 Å². The maximum Gasteiger partial charge on any atom is 0.303 e. The summed E-state index contributed by atoms with van der Waals surface area (Å²) in [5.41, 5.74) is 4.01. The molecule has 0 aliphatic carbocycles. The van der Waals surface area contributed by atoms with Gasteiger partial charge in [0.05, 0.1) is 0 Å². The standard InChI is InChI=1S/C16H25NO2/c1-12-5-6-15(14(3)9-12)7-8-17(4)11-13(2)10-16(18)19/h5-6,9,13H,7-8,10-11H2,1-4H3,(H,18,19). The van der Waals surface area contributed by atoms with Crippen molar-refractivity contribution in [1.82, 2.24) is 4.90 Å². The predicted molar refractivity (Wildman–Crippen MR) is 78.5 cm³/mol. The Kier molecular flexibility index (Phi) is 6.03. The first-order chi connectivity index (χ1) is 8.88. The number of carboxylic acids is 1. The molecule has 106 valence electrons. The van der Waals surface area contributed by atoms with Gasteiger partial charge in [0.15, 0.2) is 0 Å². The van der Waals surface area contributed by atoms with Crippen LogP contribution >= 0.6 is 0 Å². The van der Waals surface area contributed by atoms with Crippen LogP contribution in [0.15, 0.2) is 18.2 Å². The zero-order valence-corrected chi connectivity index (χ0v) is 12.4. The Bertz CT molecular complexity index is 429. The van der Waals surface area contributed by atoms with Crippen molar-refractivity contribution in [3.63, 3.8) is 0 Å². The zero-order valence-electron chi connectivity index (χ0n) is 12.4. The molecule has 0 bridgehead atoms. The Morgan fingerprint density at radius 3 is 2.63 bits per heavy atom. The van der Waals surface area contributed by atoms with Crippen LogP contribution in [-0.4, -0.2) is 36.1 Å². The van der Waals surface area contributed by atoms with Gasteiger partial charge in [0.25, 0.3) is 0 Å². The summed E-state index contributed by atoms with van der Waals surface area (Å²) in [6.07, 6.45) is 1.26. The van der Waals surface area contributed by atoms with E-state index in [0.717, 1.165) is 19.5 Å². The molecule has 0 heterocycles. The molecule has 19 heavy (non-hydrogen) atoms. The molecule has 0 spiro atoms. The van der Waals surface area contributed by atoms with Crippen molar-refractivity contribution in [2.75, 3.05) is 20.1 Å². The molecule has 1 aromatic rings. The topological polar surface area (TPSA) is 40.5 Å². The summed E-state index contributed by atoms with van der Waals surface area (Å²) < 4.78 is 0. The monoisotopic (exact) mass is 263 g/mol. The van der Waals surface area contributed by atoms with Gasteiger partial charge in [-0.2, -0.15) is 0 Å². The van der Waals surface area contributed by atoms with Crippen molar-refractivity contribution in [3.05, 3.63) is 34.9 Å². The van der Waals surface area contributed by atoms with Gasteiger partial charge in [-0.1, -0.05) is 30.7 Å². The minimum atomic E-state index is -0.713. The van der Waals surface area contributed by atoms with E-state index in [4.69, 9.17) is 5.11 Å². The highest BCUT2D eigenvalue weighted by molar-refractivity contribution is 5.66. The van der Waals surface area contributed by atoms with Gasteiger partial charge < -0.3 is 10.0 Å². The summed E-state index contributed by atoms with van der Waals surface area (Å²) >= 11 is 0. The average molecular weight is 263 g/mol. The molecule has 1 rings (SSSR count). The lowest BCUT2D eigenvalue weighted by atomic mass is 10.0. The van der Waals surface area contributed by atoms with E-state index in [1.807, 2.05) is 6.92 Å². The van der Waals surface area contributed by atoms with Gasteiger partial charge in [-0.3, -0.25) is 4.79 Å². The van der Waals surface area contributed by atoms with Crippen LogP contribution in [0.25, 0.3) is 0 Å². The van der Waals surface area contributed by atoms with Crippen molar-refractivity contribution in [2.45, 2.75) is 33.6 Å². The number of aliphatic carboxylic acids is 1. The number of nitrogens with zero attached hydrogens (tertiary/aromatic N) is 1. The van der Waals surface area contributed by atoms with E-state index in [1.54, 1.807) is 0 Å². The molecule has 0 aromatic heterocycles. The van der Waals surface area contributed by atoms with Gasteiger partial charge in [-0.05, 0) is 44.4 Å². The molecule has 0 saturated carbocycles. The molecular weight excluding hydrogens is 238 g/mol. The van der Waals surface area contributed by atoms with Crippen molar-refractivity contribution >= 4 is 5.97 Å². The van der Waals surface area contributed by atoms with Crippen molar-refractivity contribution in [3.8, 4) is 0 Å². The van der Waals surface area contributed by atoms with Crippen LogP contribution in [0.1, 0.15) is 30.0 Å². The Morgan fingerprint density at radius 1 is 1.37 bits per heavy atom. The highest BCUT2D eigenvalue weighted by Crippen LogP contribution is 2.12. The lowest BCUT2D eigenvalue weighted by Gasteiger charge is -2.20. The maximum atomic E-state index is 10.6. The third-order valence-corrected chi connectivity index (χ3v) is 3.41. The molecular formula is C16H25NO2. The van der Waals surface area contributed by atoms with Crippen LogP contribution in [0, 0.1) is 19.8 Å². The number of hydrogen-bond donors (Lipinski definition) is 1. The molecule has 1 atom stereocenters. The second-order valence-corrected chi connectivity index (χ2v) is 5.65. The molecule has 1 N–H and O–H groups in total. The summed E-state index contributed by atoms with van der Waals surface area (Å²) in [5, 5.41) is 8.75. The smallest absolute Gasteiger partial charge is 0.303 e. The van der Waals surface area contributed by atoms with E-state index < -0.39 is 5.97 Å². The van der Waals surface area contributed by atoms with Gasteiger partial charge in [-0.25, -0.2) is 0 Å². The minimum absolute atomic E-state index is 0.196. The molecule has 1 aromatic carbocycles. The predicted octanol–water partition coefficient (Wildman–Crippen LogP) is 2.89. The second-order valence-electron chi connectivity index (χ2n) is 5.65. The lowest BCUT2D eigenvalue weighted by molar-refractivity contribution is -0.138. The highest BCUT2D eigenvalue weighted by Gasteiger charge is 2.10. The molecule has 0 aliphatic rings. The lowest BCUT2D eigenvalue weighted by Crippen LogP contribution is -2.27. The Morgan fingerprint density at radius 2 is 2.05 bits per heavy atom. The van der Waals surface area contributed by atoms with E-state index in [9.17, 15) is 4.79 Å². The quantitative estimate of drug-likeness (QED) is 0.822. The Labute approximate surface area is 116 Å². The Hall–Kier alpha value is -1.35. The third kappa shape index (κ3) is 5.88. The van der Waals surface area contributed by atoms with Crippen LogP contribution in [-0.2, 0) is 11.2 Å². The van der Waals surface area contributed by atoms with E-state index in [2.05, 4.69) is 44.0 Å². The maximum absolute atomic E-state index is 10.6. The average Bonchev–Trinajstić information content (AvgIpc) is 2.26. The summed E-state index contributed by atoms with van der Waals surface area (Å²) in [4.78, 5) is 12.8. The fourth-order valence-corrected chi connectivity index (χ4v) is 2.42. The number of benzene rings is 1. The first-order valence-corrected chi connectivity index (χ1v) is 6.85. The SMILES string of the molecule is Cc1ccc(CCN(C)CC(C)CC(=O)O)c(C)c1. The van der Waals surface area contributed by atoms with E-state index in [1.165, 1.54) is 16.7 Å². The molecule has 0 aliphatic heterocycles. The molecule has 1 unspecified atom stereocenters. The van der Waals surface area contributed by atoms with Crippen LogP contribution < -0.4 is 0 Å². The van der Waals surface area contributed by atoms with Crippen molar-refractivity contribution in [1.29, 1.82) is 0 Å². The summed E-state index contributed by atoms with van der Waals surface area (Å²) in [6.45, 7) is 8.04. The largest absolute Gasteiger partial charge is 0.481 e. The first-order valence-electron chi connectivity index (χ1n) is 6.85. The molecule has 3 heteroatoms. The molecule has 0 saturated heterocycles. The normalized spacial score (nSPS) is 12.7. The van der Waals surface area contributed by atoms with Gasteiger partial charge in [0.2, 0.25) is 0 Å². The number of rotatable bonds is 7. The minimum Gasteiger partial charge on any atom is -0.481 e. The summed E-state index contributed by atoms with van der Waals surface area (Å²) in [7, 11) is 2.06. The van der Waals surface area contributed by atoms with Gasteiger partial charge >= 0.3 is 5.97 Å². The zero-order chi connectivity index (χ0) is 14.4. The number of aryl methyl sites for hydroxylation is 2. The van der Waals surface area contributed by atoms with E-state index in [0.29, 0.717) is 0 Å². The number of carbonyl (C=O) groups is 1. The molecule has 0 radical (unpaired) electrons. The third-order valence-electron chi connectivity index (χ3n) is 3.41. The molecule has 0 fully saturated rings. The number of likely N-dealkylation sites (N-methyl/N-ethyl adjacent to an activating group) is 1. The second kappa shape index (κ2) is 7.29. The van der Waals surface area contributed by atoms with E-state index in [-0.39, 0.29) is 12.3 Å². The number of carboxylic acid groups (broad SMARTS) is 1. The van der Waals surface area contributed by atoms with Crippen molar-refractivity contribution in [2.24, 2.45) is 5.92 Å². The van der Waals surface area contributed by atoms with Gasteiger partial charge in [0.1, 0.15) is 0 Å². The van der Waals surface area contributed by atoms with Gasteiger partial charge in [0, 0.05) is 19.5 Å². The fraction of sp³-hybridized carbons (Fsp3) is 0.562. The fourth-order valence-electron chi connectivity index (χ4n) is 2.42. The van der Waals surface area contributed by atoms with E-state index >= 15 is 0 Å². The van der Waals surface area contributed by atoms with Crippen LogP contribution in [0.3, 0.4) is 0 Å². The van der Waals surface area contributed by atoms with Crippen LogP contribution in [0.4, 0.5) is 0 Å². The van der Waals surface area contributed by atoms with Crippen LogP contribution in [0.5, 0.6) is 0 Å². The molecule has 0 amide bonds. The van der Waals surface area contributed by atoms with Gasteiger partial charge in [-0.15, -0.1) is 0 Å². The first kappa shape index (κ1) is 15.7. The number of hydrogen-bond acceptors (Lipinski definition) is 2. The highest BCUT2D eigenvalue weighted by atomic mass is 16.4. The van der Waals surface area contributed by atoms with Crippen molar-refractivity contribution < 1.29 is 9.90 Å².